The monoisotopic (exact) mass is 1310 g/mol. The second-order valence-electron chi connectivity index (χ2n) is 26.5. The Bertz CT molecular complexity index is 1750. The first-order chi connectivity index (χ1) is 42.8. The van der Waals surface area contributed by atoms with Gasteiger partial charge in [0.25, 0.3) is 0 Å². The third-order valence-corrected chi connectivity index (χ3v) is 18.4. The molecular weight excluding hydrogens is 1170 g/mol. The number of unbranched alkanes of at least 4 members (excludes halogenated alkanes) is 35. The van der Waals surface area contributed by atoms with Crippen molar-refractivity contribution in [3.8, 4) is 0 Å². The van der Waals surface area contributed by atoms with Gasteiger partial charge < -0.3 is 33.8 Å². The van der Waals surface area contributed by atoms with Crippen molar-refractivity contribution in [2.24, 2.45) is 17.8 Å². The van der Waals surface area contributed by atoms with Crippen LogP contribution >= 0.6 is 15.6 Å². The Labute approximate surface area is 543 Å². The van der Waals surface area contributed by atoms with Gasteiger partial charge in [0.2, 0.25) is 0 Å². The second-order valence-corrected chi connectivity index (χ2v) is 29.4. The van der Waals surface area contributed by atoms with E-state index in [2.05, 4.69) is 48.5 Å². The minimum Gasteiger partial charge on any atom is -0.462 e. The highest BCUT2D eigenvalue weighted by Gasteiger charge is 2.30. The lowest BCUT2D eigenvalue weighted by Crippen LogP contribution is -2.30. The van der Waals surface area contributed by atoms with E-state index in [0.717, 1.165) is 115 Å². The molecule has 0 aliphatic carbocycles. The van der Waals surface area contributed by atoms with Gasteiger partial charge in [-0.3, -0.25) is 37.3 Å². The lowest BCUT2D eigenvalue weighted by molar-refractivity contribution is -0.161. The molecule has 528 valence electrons. The first kappa shape index (κ1) is 87.1. The van der Waals surface area contributed by atoms with Gasteiger partial charge in [-0.15, -0.1) is 0 Å². The van der Waals surface area contributed by atoms with Gasteiger partial charge in [-0.2, -0.15) is 0 Å². The SMILES string of the molecule is CCCCCCCCCC(=O)OC[C@H](COP(=O)(O)OC[C@H](O)COP(=O)(O)OC[C@@H](COC(=O)CCCCCCCCCCCCC(C)CC)OC(=O)CCCCCCCCCCCCCCCCCC(C)C)OC(=O)CCCCCCCCCC(C)C. The van der Waals surface area contributed by atoms with E-state index in [4.69, 9.17) is 37.0 Å². The Morgan fingerprint density at radius 1 is 0.326 bits per heavy atom. The molecule has 0 heterocycles. The van der Waals surface area contributed by atoms with Crippen LogP contribution in [0.4, 0.5) is 0 Å². The van der Waals surface area contributed by atoms with Gasteiger partial charge in [-0.25, -0.2) is 9.13 Å². The Kier molecular flexibility index (Phi) is 59.6. The fourth-order valence-corrected chi connectivity index (χ4v) is 12.1. The van der Waals surface area contributed by atoms with Crippen LogP contribution in [0.5, 0.6) is 0 Å². The van der Waals surface area contributed by atoms with Crippen molar-refractivity contribution in [2.45, 2.75) is 369 Å². The number of aliphatic hydroxyl groups excluding tert-OH is 1. The fraction of sp³-hybridized carbons (Fsp3) is 0.943. The zero-order chi connectivity index (χ0) is 65.9. The summed E-state index contributed by atoms with van der Waals surface area (Å²) in [4.78, 5) is 72.4. The van der Waals surface area contributed by atoms with Crippen LogP contribution in [0.25, 0.3) is 0 Å². The van der Waals surface area contributed by atoms with Gasteiger partial charge >= 0.3 is 39.5 Å². The van der Waals surface area contributed by atoms with Gasteiger partial charge in [0.05, 0.1) is 26.4 Å². The fourth-order valence-electron chi connectivity index (χ4n) is 10.5. The molecule has 0 aromatic carbocycles. The summed E-state index contributed by atoms with van der Waals surface area (Å²) < 4.78 is 68.2. The molecule has 0 aromatic heterocycles. The maximum atomic E-state index is 13.0. The lowest BCUT2D eigenvalue weighted by Gasteiger charge is -2.21. The smallest absolute Gasteiger partial charge is 0.462 e. The minimum atomic E-state index is -4.95. The Balaban J connectivity index is 5.20. The summed E-state index contributed by atoms with van der Waals surface area (Å²) >= 11 is 0. The summed E-state index contributed by atoms with van der Waals surface area (Å²) in [5.74, 6) is 0.176. The molecule has 19 heteroatoms. The Morgan fingerprint density at radius 2 is 0.573 bits per heavy atom. The van der Waals surface area contributed by atoms with Crippen LogP contribution in [-0.4, -0.2) is 96.7 Å². The summed E-state index contributed by atoms with van der Waals surface area (Å²) in [5, 5.41) is 10.6. The maximum absolute atomic E-state index is 13.0. The van der Waals surface area contributed by atoms with E-state index in [-0.39, 0.29) is 25.7 Å². The predicted molar refractivity (Wildman–Crippen MR) is 358 cm³/mol. The predicted octanol–water partition coefficient (Wildman–Crippen LogP) is 19.8. The molecule has 0 rings (SSSR count). The zero-order valence-electron chi connectivity index (χ0n) is 57.9. The number of hydrogen-bond donors (Lipinski definition) is 3. The van der Waals surface area contributed by atoms with E-state index in [1.54, 1.807) is 0 Å². The van der Waals surface area contributed by atoms with Crippen molar-refractivity contribution in [3.63, 3.8) is 0 Å². The third-order valence-electron chi connectivity index (χ3n) is 16.5. The molecule has 89 heavy (non-hydrogen) atoms. The molecule has 0 amide bonds. The van der Waals surface area contributed by atoms with E-state index >= 15 is 0 Å². The van der Waals surface area contributed by atoms with Crippen LogP contribution < -0.4 is 0 Å². The van der Waals surface area contributed by atoms with Crippen LogP contribution in [0, 0.1) is 17.8 Å². The zero-order valence-corrected chi connectivity index (χ0v) is 59.7. The summed E-state index contributed by atoms with van der Waals surface area (Å²) in [6.07, 6.45) is 44.6. The van der Waals surface area contributed by atoms with E-state index in [1.807, 2.05) is 0 Å². The van der Waals surface area contributed by atoms with Crippen LogP contribution in [0.3, 0.4) is 0 Å². The van der Waals surface area contributed by atoms with Gasteiger partial charge in [-0.05, 0) is 43.4 Å². The van der Waals surface area contributed by atoms with Crippen molar-refractivity contribution in [1.29, 1.82) is 0 Å². The first-order valence-electron chi connectivity index (χ1n) is 36.4. The van der Waals surface area contributed by atoms with Gasteiger partial charge in [0, 0.05) is 25.7 Å². The molecule has 6 atom stereocenters. The van der Waals surface area contributed by atoms with Crippen LogP contribution in [-0.2, 0) is 65.4 Å². The standard InChI is InChI=1S/C70H136O17P2/c1-8-10-11-12-27-37-44-51-67(72)80-57-65(87-70(75)54-47-40-33-26-29-35-42-49-62(5)6)59-84-88(76,77)82-55-64(71)56-83-89(78,79)85-60-66(58-81-68(73)52-45-38-31-24-21-20-23-30-36-43-50-63(7)9-2)86-69(74)53-46-39-32-25-19-17-15-13-14-16-18-22-28-34-41-48-61(3)4/h61-66,71H,8-60H2,1-7H3,(H,76,77)(H,78,79)/t63?,64-,65+,66+/m0/s1. The molecule has 0 radical (unpaired) electrons. The van der Waals surface area contributed by atoms with Crippen molar-refractivity contribution < 1.29 is 80.2 Å². The van der Waals surface area contributed by atoms with Crippen molar-refractivity contribution in [1.82, 2.24) is 0 Å². The summed E-state index contributed by atoms with van der Waals surface area (Å²) in [5.41, 5.74) is 0. The number of phosphoric acid groups is 2. The molecule has 3 unspecified atom stereocenters. The summed E-state index contributed by atoms with van der Waals surface area (Å²) in [6, 6.07) is 0. The van der Waals surface area contributed by atoms with E-state index in [1.165, 1.54) is 148 Å². The topological polar surface area (TPSA) is 237 Å². The third kappa shape index (κ3) is 63.2. The van der Waals surface area contributed by atoms with Gasteiger partial charge in [0.15, 0.2) is 12.2 Å². The van der Waals surface area contributed by atoms with Gasteiger partial charge in [-0.1, -0.05) is 299 Å². The average Bonchev–Trinajstić information content (AvgIpc) is 3.61. The number of phosphoric ester groups is 2. The van der Waals surface area contributed by atoms with Crippen LogP contribution in [0.1, 0.15) is 350 Å². The molecule has 0 spiro atoms. The molecule has 0 fully saturated rings. The molecule has 0 saturated carbocycles. The highest BCUT2D eigenvalue weighted by molar-refractivity contribution is 7.47. The molecular formula is C70H136O17P2. The number of rotatable bonds is 68. The normalized spacial score (nSPS) is 14.5. The number of hydrogen-bond acceptors (Lipinski definition) is 15. The maximum Gasteiger partial charge on any atom is 0.472 e. The molecule has 0 saturated heterocycles. The van der Waals surface area contributed by atoms with Crippen LogP contribution in [0.15, 0.2) is 0 Å². The summed E-state index contributed by atoms with van der Waals surface area (Å²) in [7, 11) is -9.90. The summed E-state index contributed by atoms with van der Waals surface area (Å²) in [6.45, 7) is 11.8. The highest BCUT2D eigenvalue weighted by Crippen LogP contribution is 2.45. The van der Waals surface area contributed by atoms with Crippen LogP contribution in [0.2, 0.25) is 0 Å². The number of aliphatic hydroxyl groups is 1. The van der Waals surface area contributed by atoms with Crippen molar-refractivity contribution >= 4 is 39.5 Å². The Hall–Kier alpha value is -1.94. The molecule has 0 bridgehead atoms. The quantitative estimate of drug-likeness (QED) is 0.0222. The van der Waals surface area contributed by atoms with E-state index in [9.17, 15) is 43.2 Å². The Morgan fingerprint density at radius 3 is 0.854 bits per heavy atom. The van der Waals surface area contributed by atoms with Gasteiger partial charge in [0.1, 0.15) is 19.3 Å². The largest absolute Gasteiger partial charge is 0.472 e. The molecule has 0 aliphatic heterocycles. The number of ether oxygens (including phenoxy) is 4. The van der Waals surface area contributed by atoms with Crippen molar-refractivity contribution in [3.05, 3.63) is 0 Å². The van der Waals surface area contributed by atoms with Crippen molar-refractivity contribution in [2.75, 3.05) is 39.6 Å². The van der Waals surface area contributed by atoms with E-state index < -0.39 is 97.5 Å². The highest BCUT2D eigenvalue weighted by atomic mass is 31.2. The first-order valence-corrected chi connectivity index (χ1v) is 39.4. The molecule has 17 nitrogen and oxygen atoms in total. The number of esters is 4. The second kappa shape index (κ2) is 61.0. The average molecular weight is 1310 g/mol. The molecule has 0 aliphatic rings. The minimum absolute atomic E-state index is 0.103. The lowest BCUT2D eigenvalue weighted by atomic mass is 9.99. The number of carbonyl (C=O) groups excluding carboxylic acids is 4. The molecule has 0 aromatic rings. The van der Waals surface area contributed by atoms with E-state index in [0.29, 0.717) is 31.6 Å². The molecule has 3 N–H and O–H groups in total. The number of carbonyl (C=O) groups is 4.